The van der Waals surface area contributed by atoms with Gasteiger partial charge in [0.1, 0.15) is 20.6 Å². The number of non-ortho nitro benzene ring substituents is 1. The summed E-state index contributed by atoms with van der Waals surface area (Å²) in [6.45, 7) is 2.10. The average molecular weight is 478 g/mol. The first-order valence-electron chi connectivity index (χ1n) is 10.1. The molecule has 0 bridgehead atoms. The molecule has 5 aromatic rings. The highest BCUT2D eigenvalue weighted by molar-refractivity contribution is 7.22. The lowest BCUT2D eigenvalue weighted by Crippen LogP contribution is -2.10. The molecule has 0 fully saturated rings. The summed E-state index contributed by atoms with van der Waals surface area (Å²) >= 11 is 7.38. The van der Waals surface area contributed by atoms with Gasteiger partial charge in [0.25, 0.3) is 11.6 Å². The van der Waals surface area contributed by atoms with E-state index in [4.69, 9.17) is 11.6 Å². The van der Waals surface area contributed by atoms with Gasteiger partial charge in [0, 0.05) is 17.1 Å². The molecule has 0 saturated carbocycles. The largest absolute Gasteiger partial charge is 0.321 e. The first-order valence-corrected chi connectivity index (χ1v) is 11.3. The van der Waals surface area contributed by atoms with Crippen molar-refractivity contribution in [1.29, 1.82) is 0 Å². The smallest absolute Gasteiger partial charge is 0.287 e. The number of nitrogens with one attached hydrogen (secondary N) is 1. The Bertz CT molecular complexity index is 1540. The zero-order chi connectivity index (χ0) is 23.1. The Kier molecular flexibility index (Phi) is 5.27. The number of aryl methyl sites for hydroxylation is 1. The highest BCUT2D eigenvalue weighted by Gasteiger charge is 2.23. The Labute approximate surface area is 196 Å². The molecule has 2 aromatic heterocycles. The number of nitrogens with zero attached hydrogens (tertiary/aromatic N) is 4. The van der Waals surface area contributed by atoms with Crippen LogP contribution >= 0.6 is 22.9 Å². The summed E-state index contributed by atoms with van der Waals surface area (Å²) in [5.74, 6) is -0.447. The predicted octanol–water partition coefficient (Wildman–Crippen LogP) is 6.01. The van der Waals surface area contributed by atoms with Gasteiger partial charge < -0.3 is 5.32 Å². The normalized spacial score (nSPS) is 11.2. The lowest BCUT2D eigenvalue weighted by molar-refractivity contribution is -0.382. The van der Waals surface area contributed by atoms with Crippen molar-refractivity contribution in [2.75, 3.05) is 5.32 Å². The number of benzene rings is 3. The second-order valence-corrected chi connectivity index (χ2v) is 8.72. The van der Waals surface area contributed by atoms with Gasteiger partial charge in [-0.2, -0.15) is 4.80 Å². The Hall–Kier alpha value is -3.82. The van der Waals surface area contributed by atoms with Gasteiger partial charge in [-0.3, -0.25) is 14.9 Å². The van der Waals surface area contributed by atoms with Crippen LogP contribution in [-0.4, -0.2) is 25.8 Å². The third-order valence-electron chi connectivity index (χ3n) is 5.25. The van der Waals surface area contributed by atoms with Gasteiger partial charge in [-0.15, -0.1) is 21.5 Å². The van der Waals surface area contributed by atoms with Crippen molar-refractivity contribution >= 4 is 61.3 Å². The van der Waals surface area contributed by atoms with E-state index < -0.39 is 10.8 Å². The zero-order valence-corrected chi connectivity index (χ0v) is 18.9. The van der Waals surface area contributed by atoms with Gasteiger partial charge >= 0.3 is 0 Å². The number of anilines is 1. The molecule has 0 spiro atoms. The van der Waals surface area contributed by atoms with Gasteiger partial charge in [-0.05, 0) is 42.3 Å². The number of rotatable bonds is 5. The molecule has 1 N–H and O–H groups in total. The minimum absolute atomic E-state index is 0.0801. The van der Waals surface area contributed by atoms with Crippen molar-refractivity contribution in [3.8, 4) is 5.69 Å². The van der Waals surface area contributed by atoms with Gasteiger partial charge in [0.15, 0.2) is 0 Å². The summed E-state index contributed by atoms with van der Waals surface area (Å²) in [6.07, 6.45) is 0.953. The third kappa shape index (κ3) is 3.81. The highest BCUT2D eigenvalue weighted by Crippen LogP contribution is 2.40. The molecule has 164 valence electrons. The molecule has 3 aromatic carbocycles. The lowest BCUT2D eigenvalue weighted by Gasteiger charge is -2.03. The van der Waals surface area contributed by atoms with Crippen LogP contribution < -0.4 is 5.32 Å². The predicted molar refractivity (Wildman–Crippen MR) is 130 cm³/mol. The maximum Gasteiger partial charge on any atom is 0.287 e. The number of aromatic nitrogens is 3. The summed E-state index contributed by atoms with van der Waals surface area (Å²) in [5.41, 5.74) is 3.80. The molecular weight excluding hydrogens is 462 g/mol. The molecular formula is C23H16ClN5O3S. The van der Waals surface area contributed by atoms with Crippen LogP contribution in [0.25, 0.3) is 26.8 Å². The maximum absolute atomic E-state index is 12.9. The molecule has 0 aliphatic heterocycles. The van der Waals surface area contributed by atoms with Crippen molar-refractivity contribution < 1.29 is 9.72 Å². The van der Waals surface area contributed by atoms with E-state index in [1.807, 2.05) is 24.3 Å². The molecule has 2 heterocycles. The molecule has 0 saturated heterocycles. The summed E-state index contributed by atoms with van der Waals surface area (Å²) in [6, 6.07) is 17.8. The summed E-state index contributed by atoms with van der Waals surface area (Å²) in [4.78, 5) is 25.5. The van der Waals surface area contributed by atoms with E-state index in [2.05, 4.69) is 22.4 Å². The molecule has 0 aliphatic carbocycles. The Morgan fingerprint density at radius 1 is 1.12 bits per heavy atom. The van der Waals surface area contributed by atoms with Gasteiger partial charge in [0.2, 0.25) is 0 Å². The zero-order valence-electron chi connectivity index (χ0n) is 17.3. The average Bonchev–Trinajstić information content (AvgIpc) is 3.40. The fraction of sp³-hybridized carbons (Fsp3) is 0.0870. The molecule has 0 unspecified atom stereocenters. The SMILES string of the molecule is CCc1ccc(-n2nc3ccc(NC(=O)c4sc5c([N+](=O)[O-])cccc5c4Cl)cc3n2)cc1. The molecule has 33 heavy (non-hydrogen) atoms. The highest BCUT2D eigenvalue weighted by atomic mass is 35.5. The van der Waals surface area contributed by atoms with Crippen LogP contribution in [0.5, 0.6) is 0 Å². The first-order chi connectivity index (χ1) is 15.9. The van der Waals surface area contributed by atoms with Crippen molar-refractivity contribution in [2.24, 2.45) is 0 Å². The van der Waals surface area contributed by atoms with Crippen molar-refractivity contribution in [3.63, 3.8) is 0 Å². The summed E-state index contributed by atoms with van der Waals surface area (Å²) < 4.78 is 0.366. The van der Waals surface area contributed by atoms with Gasteiger partial charge in [0.05, 0.1) is 15.6 Å². The number of halogens is 1. The van der Waals surface area contributed by atoms with Crippen molar-refractivity contribution in [1.82, 2.24) is 15.0 Å². The number of carbonyl (C=O) groups excluding carboxylic acids is 1. The summed E-state index contributed by atoms with van der Waals surface area (Å²) in [7, 11) is 0. The number of thiophene rings is 1. The number of nitro groups is 1. The van der Waals surface area contributed by atoms with Crippen LogP contribution in [-0.2, 0) is 6.42 Å². The quantitative estimate of drug-likeness (QED) is 0.246. The Balaban J connectivity index is 1.44. The molecule has 8 nitrogen and oxygen atoms in total. The monoisotopic (exact) mass is 477 g/mol. The third-order valence-corrected chi connectivity index (χ3v) is 6.98. The van der Waals surface area contributed by atoms with E-state index >= 15 is 0 Å². The van der Waals surface area contributed by atoms with Gasteiger partial charge in [-0.25, -0.2) is 0 Å². The summed E-state index contributed by atoms with van der Waals surface area (Å²) in [5, 5.41) is 23.8. The van der Waals surface area contributed by atoms with Crippen molar-refractivity contribution in [3.05, 3.63) is 86.2 Å². The second kappa shape index (κ2) is 8.27. The molecule has 0 atom stereocenters. The molecule has 0 aliphatic rings. The fourth-order valence-corrected chi connectivity index (χ4v) is 5.01. The number of amides is 1. The number of hydrogen-bond acceptors (Lipinski definition) is 6. The van der Waals surface area contributed by atoms with E-state index in [9.17, 15) is 14.9 Å². The van der Waals surface area contributed by atoms with Crippen molar-refractivity contribution in [2.45, 2.75) is 13.3 Å². The molecule has 10 heteroatoms. The number of nitro benzene ring substituents is 1. The minimum atomic E-state index is -0.482. The van der Waals surface area contributed by atoms with E-state index in [-0.39, 0.29) is 15.6 Å². The Morgan fingerprint density at radius 2 is 1.88 bits per heavy atom. The van der Waals surface area contributed by atoms with Crippen LogP contribution in [0.15, 0.2) is 60.7 Å². The van der Waals surface area contributed by atoms with E-state index in [1.54, 1.807) is 35.1 Å². The van der Waals surface area contributed by atoms with E-state index in [0.717, 1.165) is 23.4 Å². The van der Waals surface area contributed by atoms with Crippen LogP contribution in [0.4, 0.5) is 11.4 Å². The topological polar surface area (TPSA) is 103 Å². The molecule has 1 amide bonds. The minimum Gasteiger partial charge on any atom is -0.321 e. The van der Waals surface area contributed by atoms with E-state index in [0.29, 0.717) is 26.8 Å². The number of fused-ring (bicyclic) bond motifs is 2. The maximum atomic E-state index is 12.9. The standard InChI is InChI=1S/C23H16ClN5O3S/c1-2-13-6-9-15(10-7-13)28-26-17-11-8-14(12-18(17)27-28)25-23(30)22-20(24)16-4-3-5-19(29(31)32)21(16)33-22/h3-12H,2H2,1H3,(H,25,30). The van der Waals surface area contributed by atoms with Crippen LogP contribution in [0, 0.1) is 10.1 Å². The van der Waals surface area contributed by atoms with E-state index in [1.165, 1.54) is 11.6 Å². The molecule has 0 radical (unpaired) electrons. The fourth-order valence-electron chi connectivity index (χ4n) is 3.52. The van der Waals surface area contributed by atoms with Crippen LogP contribution in [0.3, 0.4) is 0 Å². The second-order valence-electron chi connectivity index (χ2n) is 7.32. The van der Waals surface area contributed by atoms with Crippen LogP contribution in [0.1, 0.15) is 22.2 Å². The molecule has 5 rings (SSSR count). The first kappa shape index (κ1) is 21.0. The van der Waals surface area contributed by atoms with Gasteiger partial charge in [-0.1, -0.05) is 42.8 Å². The Morgan fingerprint density at radius 3 is 2.61 bits per heavy atom. The number of hydrogen-bond donors (Lipinski definition) is 1. The lowest BCUT2D eigenvalue weighted by atomic mass is 10.2. The van der Waals surface area contributed by atoms with Crippen LogP contribution in [0.2, 0.25) is 5.02 Å². The number of carbonyl (C=O) groups is 1.